The van der Waals surface area contributed by atoms with Crippen LogP contribution in [0, 0.1) is 12.8 Å². The Balaban J connectivity index is 1.42. The van der Waals surface area contributed by atoms with Crippen molar-refractivity contribution in [3.8, 4) is 22.8 Å². The van der Waals surface area contributed by atoms with E-state index in [2.05, 4.69) is 20.3 Å². The summed E-state index contributed by atoms with van der Waals surface area (Å²) in [5.41, 5.74) is 3.74. The SMILES string of the molecule is COc1ccncc1-c1cc2c(cnn2-c2cc(N3C[C@H](CS(C)(=O)=O)[C@H]3C)cc(NC3CCCC(F)(F)C3)n2)c(C)n1. The molecule has 3 atom stereocenters. The number of halogens is 2. The fourth-order valence-electron chi connectivity index (χ4n) is 6.21. The van der Waals surface area contributed by atoms with Crippen molar-refractivity contribution in [2.24, 2.45) is 5.92 Å². The quantitative estimate of drug-likeness (QED) is 0.292. The number of sulfone groups is 1. The first-order valence-corrected chi connectivity index (χ1v) is 16.4. The maximum Gasteiger partial charge on any atom is 0.250 e. The maximum absolute atomic E-state index is 14.3. The molecule has 1 aliphatic heterocycles. The molecule has 1 N–H and O–H groups in total. The predicted octanol–water partition coefficient (Wildman–Crippen LogP) is 5.05. The fourth-order valence-corrected chi connectivity index (χ4v) is 7.38. The minimum atomic E-state index is -3.12. The van der Waals surface area contributed by atoms with E-state index in [9.17, 15) is 17.2 Å². The molecule has 2 aliphatic rings. The highest BCUT2D eigenvalue weighted by Gasteiger charge is 2.39. The number of rotatable bonds is 8. The average Bonchev–Trinajstić information content (AvgIpc) is 3.38. The standard InChI is InChI=1S/C30H35F2N7O3S/c1-18-23-15-34-39(26(23)12-25(35-18)24-14-33-9-7-27(24)42-3)29-11-22(38-16-20(19(38)2)17-43(4,40)41)10-28(37-29)36-21-6-5-8-30(31,32)13-21/h7,9-12,14-15,19-21H,5-6,8,13,16-17H2,1-4H3,(H,36,37)/t19-,20-,21?/m1/s1. The molecule has 0 aromatic carbocycles. The molecule has 1 saturated heterocycles. The van der Waals surface area contributed by atoms with Crippen molar-refractivity contribution in [2.75, 3.05) is 35.9 Å². The molecule has 10 nitrogen and oxygen atoms in total. The maximum atomic E-state index is 14.3. The smallest absolute Gasteiger partial charge is 0.250 e. The van der Waals surface area contributed by atoms with Gasteiger partial charge in [-0.05, 0) is 38.8 Å². The van der Waals surface area contributed by atoms with Crippen molar-refractivity contribution >= 4 is 32.2 Å². The Morgan fingerprint density at radius 2 is 2.00 bits per heavy atom. The molecule has 13 heteroatoms. The van der Waals surface area contributed by atoms with Crippen LogP contribution >= 0.6 is 0 Å². The van der Waals surface area contributed by atoms with Crippen LogP contribution in [0.15, 0.2) is 42.9 Å². The van der Waals surface area contributed by atoms with Gasteiger partial charge in [0.2, 0.25) is 5.92 Å². The number of methoxy groups -OCH3 is 1. The highest BCUT2D eigenvalue weighted by atomic mass is 32.2. The molecule has 1 saturated carbocycles. The summed E-state index contributed by atoms with van der Waals surface area (Å²) in [6.07, 6.45) is 7.05. The number of hydrogen-bond acceptors (Lipinski definition) is 9. The Morgan fingerprint density at radius 1 is 1.19 bits per heavy atom. The van der Waals surface area contributed by atoms with Crippen molar-refractivity contribution in [1.82, 2.24) is 24.7 Å². The molecule has 4 aromatic heterocycles. The molecule has 0 amide bonds. The number of nitrogens with one attached hydrogen (secondary N) is 1. The summed E-state index contributed by atoms with van der Waals surface area (Å²) in [6.45, 7) is 4.47. The van der Waals surface area contributed by atoms with Gasteiger partial charge in [0.1, 0.15) is 21.4 Å². The van der Waals surface area contributed by atoms with Crippen molar-refractivity contribution in [2.45, 2.75) is 57.5 Å². The van der Waals surface area contributed by atoms with Gasteiger partial charge in [-0.15, -0.1) is 0 Å². The van der Waals surface area contributed by atoms with Crippen molar-refractivity contribution < 1.29 is 21.9 Å². The van der Waals surface area contributed by atoms with Crippen LogP contribution in [-0.4, -0.2) is 76.8 Å². The molecule has 43 heavy (non-hydrogen) atoms. The van der Waals surface area contributed by atoms with Crippen LogP contribution in [0.2, 0.25) is 0 Å². The van der Waals surface area contributed by atoms with Crippen LogP contribution in [0.5, 0.6) is 5.75 Å². The number of pyridine rings is 3. The van der Waals surface area contributed by atoms with E-state index in [1.165, 1.54) is 6.26 Å². The van der Waals surface area contributed by atoms with Gasteiger partial charge in [-0.2, -0.15) is 5.10 Å². The second-order valence-electron chi connectivity index (χ2n) is 11.8. The van der Waals surface area contributed by atoms with Crippen molar-refractivity contribution in [1.29, 1.82) is 0 Å². The van der Waals surface area contributed by atoms with E-state index in [-0.39, 0.29) is 30.6 Å². The van der Waals surface area contributed by atoms with Gasteiger partial charge >= 0.3 is 0 Å². The van der Waals surface area contributed by atoms with Crippen LogP contribution in [-0.2, 0) is 9.84 Å². The Bertz CT molecular complexity index is 1780. The molecule has 4 aromatic rings. The molecule has 2 fully saturated rings. The minimum Gasteiger partial charge on any atom is -0.496 e. The molecule has 0 bridgehead atoms. The lowest BCUT2D eigenvalue weighted by atomic mass is 9.91. The number of anilines is 2. The van der Waals surface area contributed by atoms with E-state index >= 15 is 0 Å². The molecular weight excluding hydrogens is 576 g/mol. The van der Waals surface area contributed by atoms with E-state index in [0.717, 1.165) is 27.8 Å². The first kappa shape index (κ1) is 29.2. The third-order valence-electron chi connectivity index (χ3n) is 8.49. The van der Waals surface area contributed by atoms with Crippen molar-refractivity contribution in [3.63, 3.8) is 0 Å². The molecule has 6 rings (SSSR count). The zero-order valence-electron chi connectivity index (χ0n) is 24.6. The van der Waals surface area contributed by atoms with Gasteiger partial charge in [-0.3, -0.25) is 9.97 Å². The van der Waals surface area contributed by atoms with Gasteiger partial charge in [0.05, 0.1) is 35.8 Å². The van der Waals surface area contributed by atoms with Gasteiger partial charge in [0.15, 0.2) is 5.82 Å². The second-order valence-corrected chi connectivity index (χ2v) is 14.0. The summed E-state index contributed by atoms with van der Waals surface area (Å²) in [6, 6.07) is 7.00. The summed E-state index contributed by atoms with van der Waals surface area (Å²) in [7, 11) is -1.53. The Hall–Kier alpha value is -3.87. The number of fused-ring (bicyclic) bond motifs is 1. The minimum absolute atomic E-state index is 0.00339. The zero-order valence-corrected chi connectivity index (χ0v) is 25.4. The largest absolute Gasteiger partial charge is 0.496 e. The third kappa shape index (κ3) is 5.99. The van der Waals surface area contributed by atoms with E-state index in [1.807, 2.05) is 32.0 Å². The van der Waals surface area contributed by atoms with Crippen molar-refractivity contribution in [3.05, 3.63) is 48.5 Å². The highest BCUT2D eigenvalue weighted by molar-refractivity contribution is 7.90. The Labute approximate surface area is 249 Å². The summed E-state index contributed by atoms with van der Waals surface area (Å²) in [4.78, 5) is 16.0. The van der Waals surface area contributed by atoms with E-state index in [1.54, 1.807) is 36.4 Å². The zero-order chi connectivity index (χ0) is 30.5. The molecule has 5 heterocycles. The summed E-state index contributed by atoms with van der Waals surface area (Å²) < 4.78 is 59.7. The van der Waals surface area contributed by atoms with E-state index in [4.69, 9.17) is 14.7 Å². The number of nitrogens with zero attached hydrogens (tertiary/aromatic N) is 6. The molecule has 228 valence electrons. The Morgan fingerprint density at radius 3 is 2.72 bits per heavy atom. The molecule has 1 aliphatic carbocycles. The Kier molecular flexibility index (Phi) is 7.47. The molecule has 0 spiro atoms. The van der Waals surface area contributed by atoms with Crippen LogP contribution in [0.3, 0.4) is 0 Å². The molecular formula is C30H35F2N7O3S. The predicted molar refractivity (Wildman–Crippen MR) is 162 cm³/mol. The second kappa shape index (κ2) is 11.0. The number of alkyl halides is 2. The lowest BCUT2D eigenvalue weighted by Gasteiger charge is -2.48. The molecule has 1 unspecified atom stereocenters. The van der Waals surface area contributed by atoms with Crippen LogP contribution in [0.4, 0.5) is 20.3 Å². The number of aromatic nitrogens is 5. The van der Waals surface area contributed by atoms with Gasteiger partial charge in [0, 0.05) is 84.9 Å². The lowest BCUT2D eigenvalue weighted by Crippen LogP contribution is -2.57. The summed E-state index contributed by atoms with van der Waals surface area (Å²) >= 11 is 0. The summed E-state index contributed by atoms with van der Waals surface area (Å²) in [5.74, 6) is -0.992. The highest BCUT2D eigenvalue weighted by Crippen LogP contribution is 2.38. The normalized spacial score (nSPS) is 21.9. The third-order valence-corrected chi connectivity index (χ3v) is 9.53. The first-order chi connectivity index (χ1) is 20.4. The van der Waals surface area contributed by atoms with Crippen LogP contribution < -0.4 is 15.0 Å². The van der Waals surface area contributed by atoms with Gasteiger partial charge < -0.3 is 15.0 Å². The summed E-state index contributed by atoms with van der Waals surface area (Å²) in [5, 5.41) is 8.77. The van der Waals surface area contributed by atoms with Crippen LogP contribution in [0.25, 0.3) is 28.0 Å². The van der Waals surface area contributed by atoms with E-state index < -0.39 is 21.8 Å². The monoisotopic (exact) mass is 611 g/mol. The van der Waals surface area contributed by atoms with Gasteiger partial charge in [0.25, 0.3) is 0 Å². The van der Waals surface area contributed by atoms with Crippen LogP contribution in [0.1, 0.15) is 38.3 Å². The number of hydrogen-bond donors (Lipinski definition) is 1. The number of aryl methyl sites for hydroxylation is 1. The van der Waals surface area contributed by atoms with E-state index in [0.29, 0.717) is 42.5 Å². The van der Waals surface area contributed by atoms with Gasteiger partial charge in [-0.25, -0.2) is 26.9 Å². The first-order valence-electron chi connectivity index (χ1n) is 14.4. The number of ether oxygens (including phenoxy) is 1. The average molecular weight is 612 g/mol. The van der Waals surface area contributed by atoms with Gasteiger partial charge in [-0.1, -0.05) is 0 Å². The fraction of sp³-hybridized carbons (Fsp3) is 0.467. The lowest BCUT2D eigenvalue weighted by molar-refractivity contribution is -0.0373. The topological polar surface area (TPSA) is 115 Å². The molecule has 0 radical (unpaired) electrons.